The van der Waals surface area contributed by atoms with Crippen molar-refractivity contribution >= 4 is 35.4 Å². The van der Waals surface area contributed by atoms with Gasteiger partial charge in [0.2, 0.25) is 0 Å². The summed E-state index contributed by atoms with van der Waals surface area (Å²) in [6.07, 6.45) is 0.677. The van der Waals surface area contributed by atoms with Crippen LogP contribution in [0.1, 0.15) is 25.2 Å². The first-order chi connectivity index (χ1) is 8.97. The van der Waals surface area contributed by atoms with Gasteiger partial charge in [-0.15, -0.1) is 0 Å². The molecule has 0 amide bonds. The molecular formula is C13H15Cl2N3S. The molecule has 0 aliphatic rings. The van der Waals surface area contributed by atoms with Gasteiger partial charge in [-0.05, 0) is 35.8 Å². The van der Waals surface area contributed by atoms with Crippen molar-refractivity contribution in [1.29, 1.82) is 0 Å². The van der Waals surface area contributed by atoms with Crippen LogP contribution in [0.3, 0.4) is 0 Å². The maximum atomic E-state index is 6.02. The highest BCUT2D eigenvalue weighted by Crippen LogP contribution is 2.23. The summed E-state index contributed by atoms with van der Waals surface area (Å²) in [6, 6.07) is 5.61. The number of H-pyrrole nitrogens is 1. The van der Waals surface area contributed by atoms with Gasteiger partial charge in [0.15, 0.2) is 4.77 Å². The molecule has 0 atom stereocenters. The van der Waals surface area contributed by atoms with Gasteiger partial charge in [0.25, 0.3) is 0 Å². The Morgan fingerprint density at radius 2 is 2.05 bits per heavy atom. The van der Waals surface area contributed by atoms with E-state index in [4.69, 9.17) is 35.4 Å². The van der Waals surface area contributed by atoms with E-state index in [0.29, 0.717) is 27.2 Å². The zero-order chi connectivity index (χ0) is 14.0. The zero-order valence-electron chi connectivity index (χ0n) is 10.8. The Morgan fingerprint density at radius 3 is 2.68 bits per heavy atom. The molecular weight excluding hydrogens is 301 g/mol. The third kappa shape index (κ3) is 3.59. The number of benzene rings is 1. The Kier molecular flexibility index (Phi) is 4.66. The number of hydrogen-bond donors (Lipinski definition) is 1. The average Bonchev–Trinajstić information content (AvgIpc) is 2.66. The van der Waals surface area contributed by atoms with Gasteiger partial charge in [0, 0.05) is 13.0 Å². The van der Waals surface area contributed by atoms with Crippen molar-refractivity contribution < 1.29 is 0 Å². The van der Waals surface area contributed by atoms with E-state index in [1.165, 1.54) is 0 Å². The molecule has 0 spiro atoms. The summed E-state index contributed by atoms with van der Waals surface area (Å²) in [7, 11) is 0. The summed E-state index contributed by atoms with van der Waals surface area (Å²) in [5.74, 6) is 1.42. The Morgan fingerprint density at radius 1 is 1.32 bits per heavy atom. The van der Waals surface area contributed by atoms with Gasteiger partial charge >= 0.3 is 0 Å². The maximum Gasteiger partial charge on any atom is 0.195 e. The summed E-state index contributed by atoms with van der Waals surface area (Å²) < 4.78 is 2.69. The van der Waals surface area contributed by atoms with Gasteiger partial charge in [-0.1, -0.05) is 43.1 Å². The van der Waals surface area contributed by atoms with Gasteiger partial charge in [-0.2, -0.15) is 5.10 Å². The maximum absolute atomic E-state index is 6.02. The molecule has 0 fully saturated rings. The lowest BCUT2D eigenvalue weighted by Gasteiger charge is -2.09. The molecule has 0 saturated carbocycles. The molecule has 1 heterocycles. The first kappa shape index (κ1) is 14.6. The normalized spacial score (nSPS) is 11.2. The Balaban J connectivity index is 2.28. The Bertz CT molecular complexity index is 631. The van der Waals surface area contributed by atoms with Crippen molar-refractivity contribution in [2.45, 2.75) is 26.8 Å². The molecule has 0 saturated heterocycles. The lowest BCUT2D eigenvalue weighted by atomic mass is 10.1. The quantitative estimate of drug-likeness (QED) is 0.843. The lowest BCUT2D eigenvalue weighted by Crippen LogP contribution is -2.09. The van der Waals surface area contributed by atoms with Crippen LogP contribution in [-0.2, 0) is 13.0 Å². The molecule has 2 aromatic rings. The van der Waals surface area contributed by atoms with E-state index < -0.39 is 0 Å². The fourth-order valence-corrected chi connectivity index (χ4v) is 2.42. The molecule has 0 unspecified atom stereocenters. The Labute approximate surface area is 127 Å². The minimum Gasteiger partial charge on any atom is -0.304 e. The monoisotopic (exact) mass is 315 g/mol. The minimum absolute atomic E-state index is 0.511. The molecule has 1 aromatic heterocycles. The number of rotatable bonds is 4. The second kappa shape index (κ2) is 6.07. The summed E-state index contributed by atoms with van der Waals surface area (Å²) in [5, 5.41) is 8.25. The highest BCUT2D eigenvalue weighted by atomic mass is 35.5. The number of nitrogens with one attached hydrogen (secondary N) is 1. The van der Waals surface area contributed by atoms with E-state index in [2.05, 4.69) is 24.0 Å². The van der Waals surface area contributed by atoms with Crippen molar-refractivity contribution in [3.63, 3.8) is 0 Å². The fraction of sp³-hybridized carbons (Fsp3) is 0.385. The van der Waals surface area contributed by atoms with Gasteiger partial charge in [0.1, 0.15) is 5.82 Å². The molecule has 6 heteroatoms. The molecule has 2 rings (SSSR count). The van der Waals surface area contributed by atoms with Crippen LogP contribution >= 0.6 is 35.4 Å². The van der Waals surface area contributed by atoms with E-state index in [0.717, 1.165) is 17.9 Å². The predicted molar refractivity (Wildman–Crippen MR) is 81.5 cm³/mol. The molecule has 0 aliphatic heterocycles. The molecule has 0 bridgehead atoms. The molecule has 19 heavy (non-hydrogen) atoms. The highest BCUT2D eigenvalue weighted by molar-refractivity contribution is 7.71. The van der Waals surface area contributed by atoms with Crippen LogP contribution in [0.15, 0.2) is 18.2 Å². The van der Waals surface area contributed by atoms with E-state index >= 15 is 0 Å². The molecule has 0 aliphatic carbocycles. The van der Waals surface area contributed by atoms with Gasteiger partial charge in [0.05, 0.1) is 10.0 Å². The number of aromatic amines is 1. The first-order valence-corrected chi connectivity index (χ1v) is 7.22. The summed E-state index contributed by atoms with van der Waals surface area (Å²) in [5.41, 5.74) is 1.06. The number of nitrogens with zero attached hydrogens (tertiary/aromatic N) is 2. The smallest absolute Gasteiger partial charge is 0.195 e. The Hall–Kier alpha value is -0.840. The molecule has 3 nitrogen and oxygen atoms in total. The largest absolute Gasteiger partial charge is 0.304 e. The van der Waals surface area contributed by atoms with Crippen molar-refractivity contribution in [2.24, 2.45) is 5.92 Å². The second-order valence-corrected chi connectivity index (χ2v) is 6.08. The van der Waals surface area contributed by atoms with E-state index in [1.54, 1.807) is 6.07 Å². The fourth-order valence-electron chi connectivity index (χ4n) is 1.87. The molecule has 1 N–H and O–H groups in total. The summed E-state index contributed by atoms with van der Waals surface area (Å²) in [4.78, 5) is 0. The standard InChI is InChI=1S/C13H15Cl2N3S/c1-8(2)7-18-12(16-17-13(18)19)6-9-3-4-10(14)11(15)5-9/h3-5,8H,6-7H2,1-2H3,(H,17,19). The van der Waals surface area contributed by atoms with Crippen LogP contribution in [0.25, 0.3) is 0 Å². The molecule has 102 valence electrons. The lowest BCUT2D eigenvalue weighted by molar-refractivity contribution is 0.505. The third-order valence-corrected chi connectivity index (χ3v) is 3.78. The van der Waals surface area contributed by atoms with Gasteiger partial charge in [-0.3, -0.25) is 5.10 Å². The first-order valence-electron chi connectivity index (χ1n) is 6.05. The number of aromatic nitrogens is 3. The van der Waals surface area contributed by atoms with E-state index in [-0.39, 0.29) is 0 Å². The van der Waals surface area contributed by atoms with Gasteiger partial charge < -0.3 is 4.57 Å². The number of halogens is 2. The zero-order valence-corrected chi connectivity index (χ0v) is 13.1. The molecule has 0 radical (unpaired) electrons. The summed E-state index contributed by atoms with van der Waals surface area (Å²) >= 11 is 17.2. The van der Waals surface area contributed by atoms with Crippen molar-refractivity contribution in [2.75, 3.05) is 0 Å². The predicted octanol–water partition coefficient (Wildman–Crippen LogP) is 4.49. The van der Waals surface area contributed by atoms with Gasteiger partial charge in [-0.25, -0.2) is 0 Å². The van der Waals surface area contributed by atoms with E-state index in [9.17, 15) is 0 Å². The van der Waals surface area contributed by atoms with Crippen LogP contribution in [0.4, 0.5) is 0 Å². The van der Waals surface area contributed by atoms with Crippen molar-refractivity contribution in [1.82, 2.24) is 14.8 Å². The number of hydrogen-bond acceptors (Lipinski definition) is 2. The SMILES string of the molecule is CC(C)Cn1c(Cc2ccc(Cl)c(Cl)c2)n[nH]c1=S. The molecule has 1 aromatic carbocycles. The van der Waals surface area contributed by atoms with Crippen LogP contribution in [0.2, 0.25) is 10.0 Å². The average molecular weight is 316 g/mol. The van der Waals surface area contributed by atoms with Crippen molar-refractivity contribution in [3.05, 3.63) is 44.4 Å². The minimum atomic E-state index is 0.511. The summed E-state index contributed by atoms with van der Waals surface area (Å²) in [6.45, 7) is 5.15. The van der Waals surface area contributed by atoms with Crippen LogP contribution in [0, 0.1) is 10.7 Å². The third-order valence-electron chi connectivity index (χ3n) is 2.73. The van der Waals surface area contributed by atoms with Crippen LogP contribution in [-0.4, -0.2) is 14.8 Å². The van der Waals surface area contributed by atoms with Crippen LogP contribution in [0.5, 0.6) is 0 Å². The van der Waals surface area contributed by atoms with Crippen LogP contribution < -0.4 is 0 Å². The highest BCUT2D eigenvalue weighted by Gasteiger charge is 2.09. The van der Waals surface area contributed by atoms with Crippen molar-refractivity contribution in [3.8, 4) is 0 Å². The topological polar surface area (TPSA) is 33.6 Å². The van der Waals surface area contributed by atoms with E-state index in [1.807, 2.05) is 16.7 Å². The second-order valence-electron chi connectivity index (χ2n) is 4.87.